The number of nitrogens with zero attached hydrogens (tertiary/aromatic N) is 2. The van der Waals surface area contributed by atoms with Crippen molar-refractivity contribution in [2.45, 2.75) is 5.75 Å². The monoisotopic (exact) mass is 238 g/mol. The van der Waals surface area contributed by atoms with Gasteiger partial charge in [0, 0.05) is 18.1 Å². The molecule has 4 heteroatoms. The lowest BCUT2D eigenvalue weighted by atomic mass is 10.1. The molecule has 1 aromatic rings. The van der Waals surface area contributed by atoms with E-state index in [4.69, 9.17) is 5.26 Å². The number of benzene rings is 1. The van der Waals surface area contributed by atoms with Gasteiger partial charge in [0.1, 0.15) is 5.82 Å². The Morgan fingerprint density at radius 3 is 2.81 bits per heavy atom. The van der Waals surface area contributed by atoms with Crippen molar-refractivity contribution in [2.24, 2.45) is 0 Å². The maximum atomic E-state index is 13.4. The normalized spacial score (nSPS) is 10.4. The molecule has 0 aromatic heterocycles. The van der Waals surface area contributed by atoms with Crippen molar-refractivity contribution < 1.29 is 4.39 Å². The molecular weight excluding hydrogens is 223 g/mol. The number of hydrogen-bond donors (Lipinski definition) is 0. The van der Waals surface area contributed by atoms with Gasteiger partial charge in [-0.2, -0.15) is 17.0 Å². The van der Waals surface area contributed by atoms with Gasteiger partial charge in [-0.05, 0) is 37.9 Å². The van der Waals surface area contributed by atoms with Gasteiger partial charge in [0.05, 0.1) is 11.6 Å². The van der Waals surface area contributed by atoms with Crippen LogP contribution in [0.15, 0.2) is 18.2 Å². The van der Waals surface area contributed by atoms with Crippen LogP contribution in [-0.2, 0) is 5.75 Å². The van der Waals surface area contributed by atoms with E-state index in [1.165, 1.54) is 12.1 Å². The van der Waals surface area contributed by atoms with Crippen molar-refractivity contribution in [1.29, 1.82) is 5.26 Å². The van der Waals surface area contributed by atoms with Crippen molar-refractivity contribution in [3.05, 3.63) is 35.1 Å². The van der Waals surface area contributed by atoms with E-state index in [-0.39, 0.29) is 5.82 Å². The standard InChI is InChI=1S/C12H15FN2S/c1-15(2)5-6-16-9-11-7-10(8-14)3-4-12(11)13/h3-4,7H,5-6,9H2,1-2H3. The second-order valence-electron chi connectivity index (χ2n) is 3.77. The average Bonchev–Trinajstić information content (AvgIpc) is 2.26. The largest absolute Gasteiger partial charge is 0.309 e. The molecule has 1 rings (SSSR count). The van der Waals surface area contributed by atoms with E-state index in [2.05, 4.69) is 4.90 Å². The van der Waals surface area contributed by atoms with Crippen LogP contribution in [-0.4, -0.2) is 31.3 Å². The Hall–Kier alpha value is -1.05. The first-order chi connectivity index (χ1) is 7.63. The van der Waals surface area contributed by atoms with Gasteiger partial charge in [-0.3, -0.25) is 0 Å². The van der Waals surface area contributed by atoms with Gasteiger partial charge >= 0.3 is 0 Å². The lowest BCUT2D eigenvalue weighted by Gasteiger charge is -2.09. The maximum Gasteiger partial charge on any atom is 0.127 e. The Balaban J connectivity index is 2.50. The number of thioether (sulfide) groups is 1. The molecule has 0 saturated carbocycles. The molecule has 0 N–H and O–H groups in total. The SMILES string of the molecule is CN(C)CCSCc1cc(C#N)ccc1F. The minimum atomic E-state index is -0.226. The highest BCUT2D eigenvalue weighted by Crippen LogP contribution is 2.17. The summed E-state index contributed by atoms with van der Waals surface area (Å²) in [5.74, 6) is 1.36. The minimum Gasteiger partial charge on any atom is -0.309 e. The summed E-state index contributed by atoms with van der Waals surface area (Å²) in [5.41, 5.74) is 1.13. The van der Waals surface area contributed by atoms with Crippen LogP contribution in [0.3, 0.4) is 0 Å². The van der Waals surface area contributed by atoms with Gasteiger partial charge in [-0.15, -0.1) is 0 Å². The fourth-order valence-corrected chi connectivity index (χ4v) is 2.26. The number of rotatable bonds is 5. The third kappa shape index (κ3) is 4.21. The zero-order valence-electron chi connectivity index (χ0n) is 9.53. The molecule has 0 amide bonds. The highest BCUT2D eigenvalue weighted by Gasteiger charge is 2.03. The van der Waals surface area contributed by atoms with Crippen LogP contribution in [0.5, 0.6) is 0 Å². The molecular formula is C12H15FN2S. The zero-order valence-corrected chi connectivity index (χ0v) is 10.4. The Bertz CT molecular complexity index is 385. The highest BCUT2D eigenvalue weighted by atomic mass is 32.2. The van der Waals surface area contributed by atoms with E-state index in [0.29, 0.717) is 16.9 Å². The van der Waals surface area contributed by atoms with E-state index >= 15 is 0 Å². The first kappa shape index (κ1) is 13.0. The lowest BCUT2D eigenvalue weighted by molar-refractivity contribution is 0.437. The molecule has 0 aliphatic rings. The van der Waals surface area contributed by atoms with E-state index in [9.17, 15) is 4.39 Å². The van der Waals surface area contributed by atoms with Gasteiger partial charge in [0.15, 0.2) is 0 Å². The Morgan fingerprint density at radius 1 is 1.44 bits per heavy atom. The second-order valence-corrected chi connectivity index (χ2v) is 4.88. The van der Waals surface area contributed by atoms with Crippen molar-refractivity contribution in [2.75, 3.05) is 26.4 Å². The second kappa shape index (κ2) is 6.51. The summed E-state index contributed by atoms with van der Waals surface area (Å²) in [7, 11) is 4.02. The van der Waals surface area contributed by atoms with Crippen LogP contribution in [0, 0.1) is 17.1 Å². The van der Waals surface area contributed by atoms with E-state index in [1.807, 2.05) is 20.2 Å². The van der Waals surface area contributed by atoms with E-state index in [1.54, 1.807) is 17.8 Å². The van der Waals surface area contributed by atoms with Crippen molar-refractivity contribution >= 4 is 11.8 Å². The summed E-state index contributed by atoms with van der Waals surface area (Å²) in [6, 6.07) is 6.51. The first-order valence-corrected chi connectivity index (χ1v) is 6.20. The molecule has 0 spiro atoms. The minimum absolute atomic E-state index is 0.226. The van der Waals surface area contributed by atoms with Crippen LogP contribution in [0.4, 0.5) is 4.39 Å². The predicted molar refractivity (Wildman–Crippen MR) is 65.8 cm³/mol. The third-order valence-electron chi connectivity index (χ3n) is 2.12. The van der Waals surface area contributed by atoms with Crippen molar-refractivity contribution in [1.82, 2.24) is 4.90 Å². The Kier molecular flexibility index (Phi) is 5.30. The van der Waals surface area contributed by atoms with Gasteiger partial charge in [0.2, 0.25) is 0 Å². The average molecular weight is 238 g/mol. The molecule has 0 aliphatic heterocycles. The number of hydrogen-bond acceptors (Lipinski definition) is 3. The summed E-state index contributed by atoms with van der Waals surface area (Å²) >= 11 is 1.68. The Labute approximate surface area is 100 Å². The topological polar surface area (TPSA) is 27.0 Å². The molecule has 0 saturated heterocycles. The van der Waals surface area contributed by atoms with Crippen molar-refractivity contribution in [3.8, 4) is 6.07 Å². The fraction of sp³-hybridized carbons (Fsp3) is 0.417. The summed E-state index contributed by atoms with van der Waals surface area (Å²) in [4.78, 5) is 2.09. The summed E-state index contributed by atoms with van der Waals surface area (Å²) < 4.78 is 13.4. The summed E-state index contributed by atoms with van der Waals surface area (Å²) in [6.07, 6.45) is 0. The van der Waals surface area contributed by atoms with Crippen LogP contribution in [0.1, 0.15) is 11.1 Å². The lowest BCUT2D eigenvalue weighted by Crippen LogP contribution is -2.14. The van der Waals surface area contributed by atoms with E-state index < -0.39 is 0 Å². The van der Waals surface area contributed by atoms with Gasteiger partial charge in [-0.1, -0.05) is 0 Å². The number of halogens is 1. The van der Waals surface area contributed by atoms with Crippen LogP contribution in [0.2, 0.25) is 0 Å². The molecule has 0 atom stereocenters. The van der Waals surface area contributed by atoms with Crippen molar-refractivity contribution in [3.63, 3.8) is 0 Å². The predicted octanol–water partition coefficient (Wildman–Crippen LogP) is 2.49. The summed E-state index contributed by atoms with van der Waals surface area (Å²) in [6.45, 7) is 0.976. The molecule has 86 valence electrons. The van der Waals surface area contributed by atoms with Gasteiger partial charge < -0.3 is 4.90 Å². The molecule has 1 aromatic carbocycles. The molecule has 0 aliphatic carbocycles. The molecule has 0 fully saturated rings. The van der Waals surface area contributed by atoms with Crippen LogP contribution < -0.4 is 0 Å². The Morgan fingerprint density at radius 2 is 2.19 bits per heavy atom. The maximum absolute atomic E-state index is 13.4. The van der Waals surface area contributed by atoms with Crippen LogP contribution >= 0.6 is 11.8 Å². The quantitative estimate of drug-likeness (QED) is 0.737. The zero-order chi connectivity index (χ0) is 12.0. The third-order valence-corrected chi connectivity index (χ3v) is 3.10. The fourth-order valence-electron chi connectivity index (χ4n) is 1.18. The number of nitriles is 1. The molecule has 0 bridgehead atoms. The molecule has 0 heterocycles. The van der Waals surface area contributed by atoms with Gasteiger partial charge in [0.25, 0.3) is 0 Å². The first-order valence-electron chi connectivity index (χ1n) is 5.04. The van der Waals surface area contributed by atoms with E-state index in [0.717, 1.165) is 12.3 Å². The molecule has 0 radical (unpaired) electrons. The summed E-state index contributed by atoms with van der Waals surface area (Å²) in [5, 5.41) is 8.71. The molecule has 2 nitrogen and oxygen atoms in total. The van der Waals surface area contributed by atoms with Crippen LogP contribution in [0.25, 0.3) is 0 Å². The van der Waals surface area contributed by atoms with Gasteiger partial charge in [-0.25, -0.2) is 4.39 Å². The smallest absolute Gasteiger partial charge is 0.127 e. The highest BCUT2D eigenvalue weighted by molar-refractivity contribution is 7.98. The molecule has 16 heavy (non-hydrogen) atoms. The molecule has 0 unspecified atom stereocenters.